The molecule has 0 radical (unpaired) electrons. The number of ether oxygens (including phenoxy) is 1. The molecule has 0 heterocycles. The van der Waals surface area contributed by atoms with Gasteiger partial charge in [0.1, 0.15) is 17.9 Å². The second-order valence-corrected chi connectivity index (χ2v) is 4.67. The van der Waals surface area contributed by atoms with Crippen molar-refractivity contribution in [1.82, 2.24) is 0 Å². The van der Waals surface area contributed by atoms with E-state index in [2.05, 4.69) is 15.9 Å². The Morgan fingerprint density at radius 3 is 2.53 bits per heavy atom. The summed E-state index contributed by atoms with van der Waals surface area (Å²) in [7, 11) is 0. The van der Waals surface area contributed by atoms with Crippen LogP contribution in [0.2, 0.25) is 0 Å². The van der Waals surface area contributed by atoms with Crippen LogP contribution in [0.5, 0.6) is 5.75 Å². The molecule has 19 heavy (non-hydrogen) atoms. The van der Waals surface area contributed by atoms with Crippen LogP contribution >= 0.6 is 15.9 Å². The highest BCUT2D eigenvalue weighted by molar-refractivity contribution is 9.10. The van der Waals surface area contributed by atoms with Gasteiger partial charge in [0.15, 0.2) is 5.82 Å². The van der Waals surface area contributed by atoms with E-state index < -0.39 is 17.3 Å². The maximum atomic E-state index is 13.7. The average Bonchev–Trinajstić information content (AvgIpc) is 2.41. The lowest BCUT2D eigenvalue weighted by Crippen LogP contribution is -2.06. The summed E-state index contributed by atoms with van der Waals surface area (Å²) in [5, 5.41) is 9.03. The van der Waals surface area contributed by atoms with Crippen LogP contribution in [0.15, 0.2) is 46.9 Å². The monoisotopic (exact) mass is 324 g/mol. The van der Waals surface area contributed by atoms with Crippen LogP contribution in [0, 0.1) is 5.82 Å². The Morgan fingerprint density at radius 1 is 1.21 bits per heavy atom. The molecular weight excluding hydrogens is 315 g/mol. The van der Waals surface area contributed by atoms with Gasteiger partial charge in [-0.3, -0.25) is 0 Å². The van der Waals surface area contributed by atoms with Gasteiger partial charge < -0.3 is 9.84 Å². The van der Waals surface area contributed by atoms with Gasteiger partial charge in [-0.15, -0.1) is 0 Å². The molecule has 3 nitrogen and oxygen atoms in total. The Labute approximate surface area is 117 Å². The smallest absolute Gasteiger partial charge is 0.342 e. The quantitative estimate of drug-likeness (QED) is 0.928. The molecule has 0 bridgehead atoms. The van der Waals surface area contributed by atoms with Crippen LogP contribution in [0.25, 0.3) is 0 Å². The summed E-state index contributed by atoms with van der Waals surface area (Å²) in [4.78, 5) is 11.1. The van der Waals surface area contributed by atoms with Gasteiger partial charge in [0.05, 0.1) is 4.47 Å². The third kappa shape index (κ3) is 3.12. The molecule has 0 saturated heterocycles. The summed E-state index contributed by atoms with van der Waals surface area (Å²) in [6.07, 6.45) is 0. The molecular formula is C14H10BrFO3. The highest BCUT2D eigenvalue weighted by Gasteiger charge is 2.19. The van der Waals surface area contributed by atoms with Crippen molar-refractivity contribution in [1.29, 1.82) is 0 Å². The van der Waals surface area contributed by atoms with Crippen LogP contribution in [0.4, 0.5) is 4.39 Å². The largest absolute Gasteiger partial charge is 0.488 e. The highest BCUT2D eigenvalue weighted by Crippen LogP contribution is 2.28. The van der Waals surface area contributed by atoms with Crippen LogP contribution in [-0.4, -0.2) is 11.1 Å². The molecule has 0 spiro atoms. The number of aromatic carboxylic acids is 1. The van der Waals surface area contributed by atoms with E-state index in [9.17, 15) is 9.18 Å². The van der Waals surface area contributed by atoms with E-state index >= 15 is 0 Å². The first-order valence-corrected chi connectivity index (χ1v) is 6.27. The van der Waals surface area contributed by atoms with Gasteiger partial charge in [0.25, 0.3) is 0 Å². The van der Waals surface area contributed by atoms with Gasteiger partial charge in [-0.05, 0) is 33.6 Å². The molecule has 0 amide bonds. The van der Waals surface area contributed by atoms with E-state index in [1.165, 1.54) is 12.1 Å². The van der Waals surface area contributed by atoms with Gasteiger partial charge in [-0.2, -0.15) is 0 Å². The van der Waals surface area contributed by atoms with E-state index in [1.54, 1.807) is 0 Å². The Morgan fingerprint density at radius 2 is 1.89 bits per heavy atom. The maximum Gasteiger partial charge on any atom is 0.342 e. The molecule has 5 heteroatoms. The summed E-state index contributed by atoms with van der Waals surface area (Å²) >= 11 is 2.95. The zero-order valence-electron chi connectivity index (χ0n) is 9.77. The van der Waals surface area contributed by atoms with Crippen molar-refractivity contribution >= 4 is 21.9 Å². The lowest BCUT2D eigenvalue weighted by atomic mass is 10.2. The van der Waals surface area contributed by atoms with Crippen molar-refractivity contribution in [2.24, 2.45) is 0 Å². The van der Waals surface area contributed by atoms with Crippen LogP contribution < -0.4 is 4.74 Å². The van der Waals surface area contributed by atoms with Crippen molar-refractivity contribution < 1.29 is 19.0 Å². The summed E-state index contributed by atoms with van der Waals surface area (Å²) in [6.45, 7) is 0.183. The predicted octanol–water partition coefficient (Wildman–Crippen LogP) is 3.87. The molecule has 0 unspecified atom stereocenters. The number of carboxylic acid groups (broad SMARTS) is 1. The minimum atomic E-state index is -1.36. The molecule has 0 aliphatic carbocycles. The lowest BCUT2D eigenvalue weighted by molar-refractivity contribution is 0.0686. The molecule has 0 saturated carbocycles. The van der Waals surface area contributed by atoms with Gasteiger partial charge in [0, 0.05) is 0 Å². The number of halogens is 2. The Kier molecular flexibility index (Phi) is 4.16. The zero-order valence-corrected chi connectivity index (χ0v) is 11.4. The second-order valence-electron chi connectivity index (χ2n) is 3.81. The molecule has 0 fully saturated rings. The summed E-state index contributed by atoms with van der Waals surface area (Å²) in [6, 6.07) is 12.1. The van der Waals surface area contributed by atoms with E-state index in [4.69, 9.17) is 9.84 Å². The van der Waals surface area contributed by atoms with Crippen LogP contribution in [-0.2, 0) is 6.61 Å². The topological polar surface area (TPSA) is 46.5 Å². The molecule has 98 valence electrons. The predicted molar refractivity (Wildman–Crippen MR) is 71.8 cm³/mol. The van der Waals surface area contributed by atoms with Crippen molar-refractivity contribution in [3.8, 4) is 5.75 Å². The Bertz CT molecular complexity index is 599. The first-order valence-electron chi connectivity index (χ1n) is 5.47. The van der Waals surface area contributed by atoms with Gasteiger partial charge in [-0.25, -0.2) is 9.18 Å². The fourth-order valence-corrected chi connectivity index (χ4v) is 1.92. The van der Waals surface area contributed by atoms with Gasteiger partial charge >= 0.3 is 5.97 Å². The van der Waals surface area contributed by atoms with E-state index in [1.807, 2.05) is 30.3 Å². The first-order chi connectivity index (χ1) is 9.09. The molecule has 2 rings (SSSR count). The van der Waals surface area contributed by atoms with Crippen molar-refractivity contribution in [3.05, 3.63) is 63.9 Å². The Balaban J connectivity index is 2.26. The number of hydrogen-bond donors (Lipinski definition) is 1. The maximum absolute atomic E-state index is 13.7. The molecule has 0 aliphatic rings. The second kappa shape index (κ2) is 5.84. The average molecular weight is 325 g/mol. The van der Waals surface area contributed by atoms with Crippen LogP contribution in [0.3, 0.4) is 0 Å². The van der Waals surface area contributed by atoms with Gasteiger partial charge in [0.2, 0.25) is 0 Å². The minimum absolute atomic E-state index is 0.0112. The van der Waals surface area contributed by atoms with Gasteiger partial charge in [-0.1, -0.05) is 30.3 Å². The number of carbonyl (C=O) groups is 1. The molecule has 0 atom stereocenters. The van der Waals surface area contributed by atoms with E-state index in [-0.39, 0.29) is 16.8 Å². The number of hydrogen-bond acceptors (Lipinski definition) is 2. The third-order valence-electron chi connectivity index (χ3n) is 2.51. The molecule has 2 aromatic rings. The molecule has 0 aromatic heterocycles. The van der Waals surface area contributed by atoms with Crippen molar-refractivity contribution in [2.75, 3.05) is 0 Å². The minimum Gasteiger partial charge on any atom is -0.488 e. The molecule has 2 aromatic carbocycles. The number of benzene rings is 2. The standard InChI is InChI=1S/C14H10BrFO3/c15-10-6-7-11(12(13(10)16)14(17)18)19-8-9-4-2-1-3-5-9/h1-7H,8H2,(H,17,18). The fourth-order valence-electron chi connectivity index (χ4n) is 1.59. The highest BCUT2D eigenvalue weighted by atomic mass is 79.9. The van der Waals surface area contributed by atoms with Crippen molar-refractivity contribution in [2.45, 2.75) is 6.61 Å². The van der Waals surface area contributed by atoms with Crippen molar-refractivity contribution in [3.63, 3.8) is 0 Å². The summed E-state index contributed by atoms with van der Waals surface area (Å²) < 4.78 is 19.2. The summed E-state index contributed by atoms with van der Waals surface area (Å²) in [5.41, 5.74) is 0.410. The zero-order chi connectivity index (χ0) is 13.8. The SMILES string of the molecule is O=C(O)c1c(OCc2ccccc2)ccc(Br)c1F. The van der Waals surface area contributed by atoms with Crippen LogP contribution in [0.1, 0.15) is 15.9 Å². The molecule has 1 N–H and O–H groups in total. The lowest BCUT2D eigenvalue weighted by Gasteiger charge is -2.10. The third-order valence-corrected chi connectivity index (χ3v) is 3.12. The normalized spacial score (nSPS) is 10.2. The van der Waals surface area contributed by atoms with E-state index in [0.29, 0.717) is 0 Å². The first kappa shape index (κ1) is 13.5. The number of carboxylic acids is 1. The Hall–Kier alpha value is -1.88. The fraction of sp³-hybridized carbons (Fsp3) is 0.0714. The molecule has 0 aliphatic heterocycles. The number of rotatable bonds is 4. The van der Waals surface area contributed by atoms with E-state index in [0.717, 1.165) is 5.56 Å². The summed E-state index contributed by atoms with van der Waals surface area (Å²) in [5.74, 6) is -2.18.